The summed E-state index contributed by atoms with van der Waals surface area (Å²) in [6, 6.07) is 4.80. The van der Waals surface area contributed by atoms with Gasteiger partial charge in [-0.05, 0) is 37.8 Å². The maximum atomic E-state index is 5.57. The predicted octanol–water partition coefficient (Wildman–Crippen LogP) is 3.65. The van der Waals surface area contributed by atoms with Crippen molar-refractivity contribution in [3.05, 3.63) is 23.7 Å². The van der Waals surface area contributed by atoms with Crippen LogP contribution in [0.1, 0.15) is 50.5 Å². The van der Waals surface area contributed by atoms with E-state index in [1.54, 1.807) is 0 Å². The van der Waals surface area contributed by atoms with Gasteiger partial charge < -0.3 is 9.73 Å². The highest BCUT2D eigenvalue weighted by Gasteiger charge is 2.20. The summed E-state index contributed by atoms with van der Waals surface area (Å²) < 4.78 is 5.57. The molecule has 1 aromatic rings. The lowest BCUT2D eigenvalue weighted by molar-refractivity contribution is 0.273. The summed E-state index contributed by atoms with van der Waals surface area (Å²) in [4.78, 5) is 0. The average molecular weight is 221 g/mol. The second kappa shape index (κ2) is 5.53. The van der Waals surface area contributed by atoms with Crippen molar-refractivity contribution in [3.8, 4) is 0 Å². The summed E-state index contributed by atoms with van der Waals surface area (Å²) in [5.74, 6) is 3.01. The third kappa shape index (κ3) is 3.11. The molecule has 2 nitrogen and oxygen atoms in total. The normalized spacial score (nSPS) is 25.9. The maximum Gasteiger partial charge on any atom is 0.117 e. The van der Waals surface area contributed by atoms with Gasteiger partial charge in [-0.25, -0.2) is 0 Å². The molecule has 1 aliphatic carbocycles. The Kier molecular flexibility index (Phi) is 4.05. The molecule has 2 rings (SSSR count). The lowest BCUT2D eigenvalue weighted by atomic mass is 9.84. The summed E-state index contributed by atoms with van der Waals surface area (Å²) in [5, 5.41) is 3.62. The first-order valence-corrected chi connectivity index (χ1v) is 6.56. The molecule has 0 radical (unpaired) electrons. The zero-order chi connectivity index (χ0) is 11.4. The molecule has 0 bridgehead atoms. The molecule has 0 spiro atoms. The molecule has 2 atom stereocenters. The van der Waals surface area contributed by atoms with E-state index in [-0.39, 0.29) is 0 Å². The molecule has 1 heterocycles. The highest BCUT2D eigenvalue weighted by Crippen LogP contribution is 2.26. The van der Waals surface area contributed by atoms with Gasteiger partial charge in [0.1, 0.15) is 11.5 Å². The smallest absolute Gasteiger partial charge is 0.117 e. The molecule has 1 aliphatic rings. The van der Waals surface area contributed by atoms with E-state index in [0.29, 0.717) is 6.04 Å². The van der Waals surface area contributed by atoms with Crippen LogP contribution in [0.25, 0.3) is 0 Å². The van der Waals surface area contributed by atoms with Crippen LogP contribution >= 0.6 is 0 Å². The highest BCUT2D eigenvalue weighted by molar-refractivity contribution is 5.05. The monoisotopic (exact) mass is 221 g/mol. The van der Waals surface area contributed by atoms with Crippen LogP contribution < -0.4 is 5.32 Å². The SMILES string of the molecule is CCC1CCCC(NCc2ccc(C)o2)C1. The van der Waals surface area contributed by atoms with Crippen LogP contribution in [-0.2, 0) is 6.54 Å². The Hall–Kier alpha value is -0.760. The van der Waals surface area contributed by atoms with Crippen molar-refractivity contribution in [2.45, 2.75) is 58.5 Å². The van der Waals surface area contributed by atoms with Gasteiger partial charge in [-0.1, -0.05) is 26.2 Å². The van der Waals surface area contributed by atoms with Gasteiger partial charge in [-0.2, -0.15) is 0 Å². The number of rotatable bonds is 4. The predicted molar refractivity (Wildman–Crippen MR) is 66.3 cm³/mol. The van der Waals surface area contributed by atoms with Gasteiger partial charge in [-0.3, -0.25) is 0 Å². The van der Waals surface area contributed by atoms with Crippen molar-refractivity contribution in [2.24, 2.45) is 5.92 Å². The first-order valence-electron chi connectivity index (χ1n) is 6.56. The van der Waals surface area contributed by atoms with Gasteiger partial charge in [0.25, 0.3) is 0 Å². The summed E-state index contributed by atoms with van der Waals surface area (Å²) in [6.07, 6.45) is 6.81. The van der Waals surface area contributed by atoms with Gasteiger partial charge in [0.15, 0.2) is 0 Å². The number of hydrogen-bond donors (Lipinski definition) is 1. The van der Waals surface area contributed by atoms with E-state index in [4.69, 9.17) is 4.42 Å². The van der Waals surface area contributed by atoms with Crippen molar-refractivity contribution >= 4 is 0 Å². The molecule has 0 amide bonds. The number of hydrogen-bond acceptors (Lipinski definition) is 2. The van der Waals surface area contributed by atoms with Gasteiger partial charge >= 0.3 is 0 Å². The maximum absolute atomic E-state index is 5.57. The van der Waals surface area contributed by atoms with E-state index in [9.17, 15) is 0 Å². The lowest BCUT2D eigenvalue weighted by Gasteiger charge is -2.28. The van der Waals surface area contributed by atoms with Crippen molar-refractivity contribution in [1.82, 2.24) is 5.32 Å². The molecule has 1 N–H and O–H groups in total. The Labute approximate surface area is 98.4 Å². The molecule has 0 aliphatic heterocycles. The van der Waals surface area contributed by atoms with Crippen molar-refractivity contribution < 1.29 is 4.42 Å². The van der Waals surface area contributed by atoms with Gasteiger partial charge in [0.05, 0.1) is 6.54 Å². The first kappa shape index (κ1) is 11.7. The Morgan fingerprint density at radius 2 is 2.25 bits per heavy atom. The zero-order valence-corrected chi connectivity index (χ0v) is 10.5. The molecule has 2 unspecified atom stereocenters. The van der Waals surface area contributed by atoms with E-state index in [0.717, 1.165) is 24.0 Å². The van der Waals surface area contributed by atoms with Crippen LogP contribution in [0.15, 0.2) is 16.5 Å². The number of furan rings is 1. The first-order chi connectivity index (χ1) is 7.78. The number of aryl methyl sites for hydroxylation is 1. The van der Waals surface area contributed by atoms with Crippen LogP contribution in [0, 0.1) is 12.8 Å². The van der Waals surface area contributed by atoms with Crippen molar-refractivity contribution in [1.29, 1.82) is 0 Å². The van der Waals surface area contributed by atoms with Crippen molar-refractivity contribution in [2.75, 3.05) is 0 Å². The zero-order valence-electron chi connectivity index (χ0n) is 10.5. The topological polar surface area (TPSA) is 25.2 Å². The largest absolute Gasteiger partial charge is 0.465 e. The van der Waals surface area contributed by atoms with Crippen LogP contribution in [0.4, 0.5) is 0 Å². The fraction of sp³-hybridized carbons (Fsp3) is 0.714. The standard InChI is InChI=1S/C14H23NO/c1-3-12-5-4-6-13(9-12)15-10-14-8-7-11(2)16-14/h7-8,12-13,15H,3-6,9-10H2,1-2H3. The Balaban J connectivity index is 1.77. The van der Waals surface area contributed by atoms with Crippen molar-refractivity contribution in [3.63, 3.8) is 0 Å². The third-order valence-corrected chi connectivity index (χ3v) is 3.72. The Morgan fingerprint density at radius 1 is 1.38 bits per heavy atom. The van der Waals surface area contributed by atoms with Crippen LogP contribution in [-0.4, -0.2) is 6.04 Å². The molecule has 1 fully saturated rings. The quantitative estimate of drug-likeness (QED) is 0.839. The van der Waals surface area contributed by atoms with Crippen LogP contribution in [0.3, 0.4) is 0 Å². The Bertz CT molecular complexity index is 318. The molecule has 0 saturated heterocycles. The minimum Gasteiger partial charge on any atom is -0.465 e. The van der Waals surface area contributed by atoms with E-state index in [2.05, 4.69) is 18.3 Å². The highest BCUT2D eigenvalue weighted by atomic mass is 16.3. The van der Waals surface area contributed by atoms with Crippen LogP contribution in [0.2, 0.25) is 0 Å². The van der Waals surface area contributed by atoms with E-state index in [1.165, 1.54) is 32.1 Å². The average Bonchev–Trinajstić information content (AvgIpc) is 2.73. The minimum atomic E-state index is 0.698. The molecular weight excluding hydrogens is 198 g/mol. The fourth-order valence-electron chi connectivity index (χ4n) is 2.67. The summed E-state index contributed by atoms with van der Waals surface area (Å²) in [6.45, 7) is 5.19. The molecule has 2 heteroatoms. The number of nitrogens with one attached hydrogen (secondary N) is 1. The molecular formula is C14H23NO. The second-order valence-electron chi connectivity index (χ2n) is 5.03. The Morgan fingerprint density at radius 3 is 2.94 bits per heavy atom. The van der Waals surface area contributed by atoms with Gasteiger partial charge in [0.2, 0.25) is 0 Å². The van der Waals surface area contributed by atoms with Crippen LogP contribution in [0.5, 0.6) is 0 Å². The summed E-state index contributed by atoms with van der Waals surface area (Å²) in [5.41, 5.74) is 0. The lowest BCUT2D eigenvalue weighted by Crippen LogP contribution is -2.33. The molecule has 0 aromatic carbocycles. The molecule has 16 heavy (non-hydrogen) atoms. The second-order valence-corrected chi connectivity index (χ2v) is 5.03. The molecule has 90 valence electrons. The minimum absolute atomic E-state index is 0.698. The third-order valence-electron chi connectivity index (χ3n) is 3.72. The van der Waals surface area contributed by atoms with Gasteiger partial charge in [-0.15, -0.1) is 0 Å². The van der Waals surface area contributed by atoms with E-state index in [1.807, 2.05) is 13.0 Å². The summed E-state index contributed by atoms with van der Waals surface area (Å²) >= 11 is 0. The fourth-order valence-corrected chi connectivity index (χ4v) is 2.67. The van der Waals surface area contributed by atoms with Gasteiger partial charge in [0, 0.05) is 6.04 Å². The molecule has 1 aromatic heterocycles. The summed E-state index contributed by atoms with van der Waals surface area (Å²) in [7, 11) is 0. The molecule has 1 saturated carbocycles. The van der Waals surface area contributed by atoms with E-state index >= 15 is 0 Å². The van der Waals surface area contributed by atoms with E-state index < -0.39 is 0 Å².